The first-order valence-corrected chi connectivity index (χ1v) is 12.1. The SMILES string of the molecule is CCOC(=O)C1CCCN(C(=O)CN(C)C(=O)c2sc(-c3ccc(OCC)cc3)nc2C)C1. The fourth-order valence-corrected chi connectivity index (χ4v) is 4.85. The van der Waals surface area contributed by atoms with Crippen molar-refractivity contribution in [2.75, 3.05) is 39.9 Å². The van der Waals surface area contributed by atoms with Crippen LogP contribution < -0.4 is 4.74 Å². The number of amides is 2. The molecule has 0 bridgehead atoms. The second-order valence-electron chi connectivity index (χ2n) is 7.98. The first-order chi connectivity index (χ1) is 15.8. The van der Waals surface area contributed by atoms with E-state index in [0.29, 0.717) is 43.3 Å². The molecule has 1 aliphatic heterocycles. The van der Waals surface area contributed by atoms with Gasteiger partial charge in [0.25, 0.3) is 5.91 Å². The first-order valence-electron chi connectivity index (χ1n) is 11.2. The molecule has 8 nitrogen and oxygen atoms in total. The van der Waals surface area contributed by atoms with Crippen molar-refractivity contribution in [1.29, 1.82) is 0 Å². The quantitative estimate of drug-likeness (QED) is 0.546. The lowest BCUT2D eigenvalue weighted by Gasteiger charge is -2.32. The lowest BCUT2D eigenvalue weighted by atomic mass is 9.98. The third kappa shape index (κ3) is 6.10. The van der Waals surface area contributed by atoms with E-state index in [0.717, 1.165) is 22.7 Å². The van der Waals surface area contributed by atoms with E-state index in [-0.39, 0.29) is 30.2 Å². The molecule has 33 heavy (non-hydrogen) atoms. The van der Waals surface area contributed by atoms with Gasteiger partial charge in [-0.3, -0.25) is 14.4 Å². The van der Waals surface area contributed by atoms with Gasteiger partial charge in [0.2, 0.25) is 5.91 Å². The van der Waals surface area contributed by atoms with Crippen molar-refractivity contribution in [2.45, 2.75) is 33.6 Å². The highest BCUT2D eigenvalue weighted by atomic mass is 32.1. The molecule has 0 aliphatic carbocycles. The molecular weight excluding hydrogens is 442 g/mol. The molecule has 0 N–H and O–H groups in total. The van der Waals surface area contributed by atoms with Crippen LogP contribution in [0.3, 0.4) is 0 Å². The van der Waals surface area contributed by atoms with Crippen LogP contribution >= 0.6 is 11.3 Å². The Hall–Kier alpha value is -2.94. The zero-order valence-electron chi connectivity index (χ0n) is 19.6. The Balaban J connectivity index is 1.64. The van der Waals surface area contributed by atoms with Crippen LogP contribution in [0.2, 0.25) is 0 Å². The molecule has 0 saturated carbocycles. The minimum absolute atomic E-state index is 0.0515. The molecule has 1 unspecified atom stereocenters. The van der Waals surface area contributed by atoms with Crippen molar-refractivity contribution < 1.29 is 23.9 Å². The summed E-state index contributed by atoms with van der Waals surface area (Å²) < 4.78 is 10.6. The number of thiazole rings is 1. The molecule has 1 fully saturated rings. The number of aryl methyl sites for hydroxylation is 1. The van der Waals surface area contributed by atoms with Crippen molar-refractivity contribution in [3.05, 3.63) is 34.8 Å². The number of carbonyl (C=O) groups excluding carboxylic acids is 3. The number of hydrogen-bond acceptors (Lipinski definition) is 7. The number of carbonyl (C=O) groups is 3. The van der Waals surface area contributed by atoms with Crippen LogP contribution in [0.5, 0.6) is 5.75 Å². The van der Waals surface area contributed by atoms with E-state index in [1.165, 1.54) is 16.2 Å². The predicted molar refractivity (Wildman–Crippen MR) is 126 cm³/mol. The fourth-order valence-electron chi connectivity index (χ4n) is 3.78. The fraction of sp³-hybridized carbons (Fsp3) is 0.500. The number of benzene rings is 1. The number of hydrogen-bond donors (Lipinski definition) is 0. The lowest BCUT2D eigenvalue weighted by molar-refractivity contribution is -0.151. The van der Waals surface area contributed by atoms with E-state index in [2.05, 4.69) is 4.98 Å². The standard InChI is InChI=1S/C24H31N3O5S/c1-5-31-19-11-9-17(10-12-19)22-25-16(3)21(33-22)23(29)26(4)15-20(28)27-13-7-8-18(14-27)24(30)32-6-2/h9-12,18H,5-8,13-15H2,1-4H3. The van der Waals surface area contributed by atoms with Crippen LogP contribution in [-0.4, -0.2) is 72.5 Å². The smallest absolute Gasteiger partial charge is 0.310 e. The highest BCUT2D eigenvalue weighted by Crippen LogP contribution is 2.30. The van der Waals surface area contributed by atoms with Crippen LogP contribution in [0, 0.1) is 12.8 Å². The maximum Gasteiger partial charge on any atom is 0.310 e. The van der Waals surface area contributed by atoms with E-state index in [1.807, 2.05) is 31.2 Å². The Labute approximate surface area is 198 Å². The number of nitrogens with zero attached hydrogens (tertiary/aromatic N) is 3. The normalized spacial score (nSPS) is 15.8. The number of ether oxygens (including phenoxy) is 2. The number of aromatic nitrogens is 1. The maximum atomic E-state index is 13.1. The second-order valence-corrected chi connectivity index (χ2v) is 8.98. The zero-order chi connectivity index (χ0) is 24.0. The van der Waals surface area contributed by atoms with Gasteiger partial charge in [0.05, 0.1) is 31.4 Å². The number of likely N-dealkylation sites (N-methyl/N-ethyl adjacent to an activating group) is 1. The summed E-state index contributed by atoms with van der Waals surface area (Å²) in [5.74, 6) is -0.194. The molecule has 9 heteroatoms. The summed E-state index contributed by atoms with van der Waals surface area (Å²) in [7, 11) is 1.61. The first kappa shape index (κ1) is 24.7. The monoisotopic (exact) mass is 473 g/mol. The molecule has 1 saturated heterocycles. The van der Waals surface area contributed by atoms with E-state index in [1.54, 1.807) is 25.8 Å². The molecule has 2 aromatic rings. The zero-order valence-corrected chi connectivity index (χ0v) is 20.4. The summed E-state index contributed by atoms with van der Waals surface area (Å²) >= 11 is 1.31. The van der Waals surface area contributed by atoms with E-state index in [9.17, 15) is 14.4 Å². The highest BCUT2D eigenvalue weighted by Gasteiger charge is 2.30. The van der Waals surface area contributed by atoms with E-state index >= 15 is 0 Å². The lowest BCUT2D eigenvalue weighted by Crippen LogP contribution is -2.47. The van der Waals surface area contributed by atoms with Crippen molar-refractivity contribution in [3.8, 4) is 16.3 Å². The number of likely N-dealkylation sites (tertiary alicyclic amines) is 1. The summed E-state index contributed by atoms with van der Waals surface area (Å²) in [6.45, 7) is 7.29. The predicted octanol–water partition coefficient (Wildman–Crippen LogP) is 3.39. The molecule has 2 heterocycles. The van der Waals surface area contributed by atoms with Crippen LogP contribution in [0.1, 0.15) is 42.1 Å². The van der Waals surface area contributed by atoms with Crippen LogP contribution in [-0.2, 0) is 14.3 Å². The molecule has 178 valence electrons. The second kappa shape index (κ2) is 11.3. The van der Waals surface area contributed by atoms with Gasteiger partial charge >= 0.3 is 5.97 Å². The van der Waals surface area contributed by atoms with Gasteiger partial charge in [0.1, 0.15) is 15.6 Å². The average molecular weight is 474 g/mol. The highest BCUT2D eigenvalue weighted by molar-refractivity contribution is 7.17. The van der Waals surface area contributed by atoms with Crippen LogP contribution in [0.15, 0.2) is 24.3 Å². The maximum absolute atomic E-state index is 13.1. The summed E-state index contributed by atoms with van der Waals surface area (Å²) in [5.41, 5.74) is 1.54. The third-order valence-electron chi connectivity index (χ3n) is 5.52. The minimum Gasteiger partial charge on any atom is -0.494 e. The number of piperidine rings is 1. The van der Waals surface area contributed by atoms with Gasteiger partial charge in [0, 0.05) is 25.7 Å². The summed E-state index contributed by atoms with van der Waals surface area (Å²) in [6.07, 6.45) is 1.46. The minimum atomic E-state index is -0.302. The van der Waals surface area contributed by atoms with Crippen molar-refractivity contribution >= 4 is 29.1 Å². The van der Waals surface area contributed by atoms with Crippen molar-refractivity contribution in [3.63, 3.8) is 0 Å². The molecule has 1 aromatic heterocycles. The van der Waals surface area contributed by atoms with E-state index < -0.39 is 0 Å². The Morgan fingerprint density at radius 3 is 2.58 bits per heavy atom. The molecular formula is C24H31N3O5S. The number of rotatable bonds is 8. The molecule has 2 amide bonds. The Morgan fingerprint density at radius 2 is 1.91 bits per heavy atom. The topological polar surface area (TPSA) is 89.0 Å². The molecule has 0 radical (unpaired) electrons. The van der Waals surface area contributed by atoms with Gasteiger partial charge in [-0.15, -0.1) is 11.3 Å². The van der Waals surface area contributed by atoms with Gasteiger partial charge < -0.3 is 19.3 Å². The van der Waals surface area contributed by atoms with Crippen LogP contribution in [0.25, 0.3) is 10.6 Å². The molecule has 1 aliphatic rings. The number of esters is 1. The van der Waals surface area contributed by atoms with Crippen molar-refractivity contribution in [2.24, 2.45) is 5.92 Å². The Bertz CT molecular complexity index is 988. The molecule has 0 spiro atoms. The van der Waals surface area contributed by atoms with Gasteiger partial charge in [-0.1, -0.05) is 0 Å². The average Bonchev–Trinajstić information content (AvgIpc) is 3.21. The van der Waals surface area contributed by atoms with Crippen molar-refractivity contribution in [1.82, 2.24) is 14.8 Å². The third-order valence-corrected chi connectivity index (χ3v) is 6.71. The summed E-state index contributed by atoms with van der Waals surface area (Å²) in [6, 6.07) is 7.59. The molecule has 1 aromatic carbocycles. The van der Waals surface area contributed by atoms with Gasteiger partial charge in [-0.2, -0.15) is 0 Å². The Morgan fingerprint density at radius 1 is 1.18 bits per heavy atom. The molecule has 1 atom stereocenters. The van der Waals surface area contributed by atoms with Gasteiger partial charge in [0.15, 0.2) is 0 Å². The van der Waals surface area contributed by atoms with Gasteiger partial charge in [-0.05, 0) is 57.9 Å². The summed E-state index contributed by atoms with van der Waals surface area (Å²) in [4.78, 5) is 46.1. The summed E-state index contributed by atoms with van der Waals surface area (Å²) in [5, 5.41) is 0.743. The van der Waals surface area contributed by atoms with E-state index in [4.69, 9.17) is 9.47 Å². The largest absolute Gasteiger partial charge is 0.494 e. The van der Waals surface area contributed by atoms with Crippen LogP contribution in [0.4, 0.5) is 0 Å². The molecule has 3 rings (SSSR count). The Kier molecular flexibility index (Phi) is 8.43. The van der Waals surface area contributed by atoms with Gasteiger partial charge in [-0.25, -0.2) is 4.98 Å².